The van der Waals surface area contributed by atoms with Crippen LogP contribution in [0.2, 0.25) is 0 Å². The number of nitrogens with zero attached hydrogens (tertiary/aromatic N) is 1. The van der Waals surface area contributed by atoms with Crippen molar-refractivity contribution in [1.29, 1.82) is 0 Å². The summed E-state index contributed by atoms with van der Waals surface area (Å²) in [6, 6.07) is 8.32. The van der Waals surface area contributed by atoms with Gasteiger partial charge in [0.2, 0.25) is 0 Å². The van der Waals surface area contributed by atoms with Crippen molar-refractivity contribution in [2.24, 2.45) is 23.7 Å². The van der Waals surface area contributed by atoms with E-state index in [0.29, 0.717) is 0 Å². The lowest BCUT2D eigenvalue weighted by atomic mass is 9.86. The normalized spacial score (nSPS) is 37.8. The van der Waals surface area contributed by atoms with E-state index >= 15 is 0 Å². The zero-order valence-corrected chi connectivity index (χ0v) is 9.92. The Bertz CT molecular complexity index is 462. The Balaban J connectivity index is 1.60. The monoisotopic (exact) mass is 221 g/mol. The highest BCUT2D eigenvalue weighted by molar-refractivity contribution is 6.32. The van der Waals surface area contributed by atoms with Crippen LogP contribution in [0.5, 0.6) is 0 Å². The third kappa shape index (κ3) is 1.39. The fourth-order valence-electron chi connectivity index (χ4n) is 4.08. The van der Waals surface area contributed by atoms with Crippen LogP contribution in [0.15, 0.2) is 36.4 Å². The molecule has 3 aliphatic rings. The molecule has 1 nitrogen and oxygen atoms in total. The first kappa shape index (κ1) is 9.81. The first-order valence-corrected chi connectivity index (χ1v) is 6.60. The minimum atomic E-state index is 0.857. The van der Waals surface area contributed by atoms with Crippen LogP contribution in [0.25, 0.3) is 0 Å². The van der Waals surface area contributed by atoms with Crippen LogP contribution >= 0.6 is 0 Å². The maximum atomic E-state index is 5.87. The summed E-state index contributed by atoms with van der Waals surface area (Å²) in [6.45, 7) is 2.44. The number of allylic oxidation sites excluding steroid dienone is 2. The van der Waals surface area contributed by atoms with Crippen molar-refractivity contribution < 1.29 is 0 Å². The van der Waals surface area contributed by atoms with Crippen molar-refractivity contribution in [3.05, 3.63) is 36.4 Å². The Labute approximate surface area is 104 Å². The van der Waals surface area contributed by atoms with Gasteiger partial charge in [0, 0.05) is 18.8 Å². The zero-order valence-electron chi connectivity index (χ0n) is 9.92. The maximum absolute atomic E-state index is 5.87. The first-order valence-electron chi connectivity index (χ1n) is 6.60. The molecule has 4 atom stereocenters. The summed E-state index contributed by atoms with van der Waals surface area (Å²) >= 11 is 0. The maximum Gasteiger partial charge on any atom is 0.113 e. The molecule has 2 bridgehead atoms. The van der Waals surface area contributed by atoms with Crippen LogP contribution in [0, 0.1) is 23.7 Å². The molecule has 17 heavy (non-hydrogen) atoms. The van der Waals surface area contributed by atoms with Crippen molar-refractivity contribution in [3.63, 3.8) is 0 Å². The first-order chi connectivity index (χ1) is 8.31. The number of anilines is 1. The van der Waals surface area contributed by atoms with E-state index in [1.807, 2.05) is 6.07 Å². The molecule has 1 heterocycles. The van der Waals surface area contributed by atoms with Gasteiger partial charge < -0.3 is 4.90 Å². The van der Waals surface area contributed by atoms with Crippen LogP contribution < -0.4 is 10.4 Å². The molecule has 2 radical (unpaired) electrons. The van der Waals surface area contributed by atoms with Crippen LogP contribution in [0.4, 0.5) is 5.69 Å². The van der Waals surface area contributed by atoms with Crippen LogP contribution in [-0.4, -0.2) is 20.9 Å². The van der Waals surface area contributed by atoms with Gasteiger partial charge >= 0.3 is 0 Å². The highest BCUT2D eigenvalue weighted by atomic mass is 15.2. The van der Waals surface area contributed by atoms with E-state index < -0.39 is 0 Å². The van der Waals surface area contributed by atoms with E-state index in [2.05, 4.69) is 35.3 Å². The van der Waals surface area contributed by atoms with Crippen LogP contribution in [0.3, 0.4) is 0 Å². The van der Waals surface area contributed by atoms with E-state index in [0.717, 1.165) is 29.1 Å². The van der Waals surface area contributed by atoms with Crippen molar-refractivity contribution >= 4 is 19.0 Å². The fraction of sp³-hybridized carbons (Fsp3) is 0.467. The van der Waals surface area contributed by atoms with Crippen molar-refractivity contribution in [3.8, 4) is 0 Å². The van der Waals surface area contributed by atoms with E-state index in [-0.39, 0.29) is 0 Å². The summed E-state index contributed by atoms with van der Waals surface area (Å²) in [5.41, 5.74) is 2.18. The van der Waals surface area contributed by atoms with E-state index in [4.69, 9.17) is 7.85 Å². The van der Waals surface area contributed by atoms with Gasteiger partial charge in [-0.2, -0.15) is 0 Å². The molecule has 2 fully saturated rings. The standard InChI is InChI=1S/C15H16BN/c16-12-2-1-3-13(7-12)17-8-14-10-4-5-11(6-10)15(14)9-17/h1-5,7,10-11,14-15H,6,8-9H2. The van der Waals surface area contributed by atoms with Gasteiger partial charge in [-0.15, -0.1) is 0 Å². The van der Waals surface area contributed by atoms with Gasteiger partial charge in [0.05, 0.1) is 0 Å². The topological polar surface area (TPSA) is 3.24 Å². The lowest BCUT2D eigenvalue weighted by molar-refractivity contribution is 0.395. The van der Waals surface area contributed by atoms with Gasteiger partial charge in [-0.05, 0) is 42.2 Å². The molecule has 0 aromatic heterocycles. The SMILES string of the molecule is [B]c1cccc(N2CC3C4C=CC(C4)C3C2)c1. The van der Waals surface area contributed by atoms with Gasteiger partial charge in [-0.25, -0.2) is 0 Å². The Morgan fingerprint density at radius 3 is 2.41 bits per heavy atom. The summed E-state index contributed by atoms with van der Waals surface area (Å²) in [6.07, 6.45) is 6.32. The van der Waals surface area contributed by atoms with Gasteiger partial charge in [-0.1, -0.05) is 29.7 Å². The molecule has 2 aliphatic carbocycles. The molecule has 0 N–H and O–H groups in total. The summed E-state index contributed by atoms with van der Waals surface area (Å²) in [4.78, 5) is 2.53. The molecule has 1 aromatic rings. The molecule has 4 rings (SSSR count). The summed E-state index contributed by atoms with van der Waals surface area (Å²) in [5, 5.41) is 0. The van der Waals surface area contributed by atoms with E-state index in [1.54, 1.807) is 0 Å². The average Bonchev–Trinajstić information content (AvgIpc) is 3.01. The predicted molar refractivity (Wildman–Crippen MR) is 71.8 cm³/mol. The smallest absolute Gasteiger partial charge is 0.113 e. The van der Waals surface area contributed by atoms with Crippen molar-refractivity contribution in [2.75, 3.05) is 18.0 Å². The molecule has 4 unspecified atom stereocenters. The second-order valence-corrected chi connectivity index (χ2v) is 5.78. The van der Waals surface area contributed by atoms with Crippen LogP contribution in [0.1, 0.15) is 6.42 Å². The van der Waals surface area contributed by atoms with Gasteiger partial charge in [0.25, 0.3) is 0 Å². The molecule has 84 valence electrons. The lowest BCUT2D eigenvalue weighted by Crippen LogP contribution is -2.23. The van der Waals surface area contributed by atoms with Gasteiger partial charge in [0.15, 0.2) is 0 Å². The minimum Gasteiger partial charge on any atom is -0.371 e. The molecule has 1 aromatic carbocycles. The summed E-state index contributed by atoms with van der Waals surface area (Å²) < 4.78 is 0. The van der Waals surface area contributed by atoms with Gasteiger partial charge in [0.1, 0.15) is 7.85 Å². The van der Waals surface area contributed by atoms with Gasteiger partial charge in [-0.3, -0.25) is 0 Å². The molecular formula is C15H16BN. The molecule has 2 heteroatoms. The summed E-state index contributed by atoms with van der Waals surface area (Å²) in [5.74, 6) is 3.50. The second-order valence-electron chi connectivity index (χ2n) is 5.78. The third-order valence-electron chi connectivity index (χ3n) is 4.90. The Morgan fingerprint density at radius 1 is 1.06 bits per heavy atom. The Kier molecular flexibility index (Phi) is 1.97. The quantitative estimate of drug-likeness (QED) is 0.515. The fourth-order valence-corrected chi connectivity index (χ4v) is 4.08. The third-order valence-corrected chi connectivity index (χ3v) is 4.90. The second kappa shape index (κ2) is 3.41. The highest BCUT2D eigenvalue weighted by Crippen LogP contribution is 2.51. The molecule has 1 saturated carbocycles. The summed E-state index contributed by atoms with van der Waals surface area (Å²) in [7, 11) is 5.87. The molecule has 0 amide bonds. The zero-order chi connectivity index (χ0) is 11.4. The Morgan fingerprint density at radius 2 is 1.76 bits per heavy atom. The Hall–Kier alpha value is -1.18. The lowest BCUT2D eigenvalue weighted by Gasteiger charge is -2.21. The largest absolute Gasteiger partial charge is 0.371 e. The minimum absolute atomic E-state index is 0.857. The number of rotatable bonds is 1. The molecule has 1 aliphatic heterocycles. The van der Waals surface area contributed by atoms with E-state index in [1.165, 1.54) is 25.2 Å². The average molecular weight is 221 g/mol. The van der Waals surface area contributed by atoms with Crippen LogP contribution in [-0.2, 0) is 0 Å². The number of hydrogen-bond acceptors (Lipinski definition) is 1. The van der Waals surface area contributed by atoms with Crippen molar-refractivity contribution in [2.45, 2.75) is 6.42 Å². The highest BCUT2D eigenvalue weighted by Gasteiger charge is 2.49. The van der Waals surface area contributed by atoms with E-state index in [9.17, 15) is 0 Å². The van der Waals surface area contributed by atoms with Crippen molar-refractivity contribution in [1.82, 2.24) is 0 Å². The number of fused-ring (bicyclic) bond motifs is 5. The number of hydrogen-bond donors (Lipinski definition) is 0. The predicted octanol–water partition coefficient (Wildman–Crippen LogP) is 1.74. The molecular weight excluding hydrogens is 205 g/mol. The number of benzene rings is 1. The molecule has 1 saturated heterocycles. The molecule has 0 spiro atoms.